The van der Waals surface area contributed by atoms with Gasteiger partial charge in [-0.2, -0.15) is 9.97 Å². The number of anilines is 1. The van der Waals surface area contributed by atoms with Gasteiger partial charge < -0.3 is 28.9 Å². The maximum Gasteiger partial charge on any atom is 0.573 e. The molecule has 2 aromatic heterocycles. The summed E-state index contributed by atoms with van der Waals surface area (Å²) in [5.74, 6) is -0.0895. The average molecular weight is 607 g/mol. The lowest BCUT2D eigenvalue weighted by Gasteiger charge is -2.35. The van der Waals surface area contributed by atoms with Crippen molar-refractivity contribution in [2.75, 3.05) is 58.4 Å². The third-order valence-corrected chi connectivity index (χ3v) is 8.17. The number of halogens is 3. The molecule has 0 unspecified atom stereocenters. The highest BCUT2D eigenvalue weighted by molar-refractivity contribution is 7.09. The van der Waals surface area contributed by atoms with Gasteiger partial charge in [-0.25, -0.2) is 4.98 Å². The van der Waals surface area contributed by atoms with E-state index in [2.05, 4.69) is 19.7 Å². The van der Waals surface area contributed by atoms with Crippen molar-refractivity contribution in [2.45, 2.75) is 25.1 Å². The Morgan fingerprint density at radius 3 is 2.26 bits per heavy atom. The van der Waals surface area contributed by atoms with Crippen LogP contribution in [0.4, 0.5) is 19.0 Å². The summed E-state index contributed by atoms with van der Waals surface area (Å²) >= 11 is 1.41. The number of thiazole rings is 1. The van der Waals surface area contributed by atoms with Crippen molar-refractivity contribution in [2.24, 2.45) is 0 Å². The van der Waals surface area contributed by atoms with Gasteiger partial charge in [0.25, 0.3) is 11.8 Å². The zero-order valence-electron chi connectivity index (χ0n) is 23.0. The van der Waals surface area contributed by atoms with Gasteiger partial charge in [0.1, 0.15) is 17.3 Å². The molecular weight excluding hydrogens is 577 g/mol. The number of amides is 2. The number of ether oxygens (including phenoxy) is 3. The Kier molecular flexibility index (Phi) is 8.66. The predicted octanol–water partition coefficient (Wildman–Crippen LogP) is 3.83. The van der Waals surface area contributed by atoms with Crippen molar-refractivity contribution in [3.8, 4) is 17.6 Å². The highest BCUT2D eigenvalue weighted by Gasteiger charge is 2.34. The lowest BCUT2D eigenvalue weighted by atomic mass is 9.97. The van der Waals surface area contributed by atoms with E-state index in [1.165, 1.54) is 48.7 Å². The van der Waals surface area contributed by atoms with Crippen LogP contribution in [0.1, 0.15) is 44.6 Å². The molecule has 4 heterocycles. The van der Waals surface area contributed by atoms with E-state index in [4.69, 9.17) is 9.47 Å². The molecule has 2 aliphatic heterocycles. The first-order valence-corrected chi connectivity index (χ1v) is 14.1. The van der Waals surface area contributed by atoms with E-state index in [0.29, 0.717) is 69.5 Å². The molecule has 5 rings (SSSR count). The van der Waals surface area contributed by atoms with Crippen LogP contribution < -0.4 is 19.1 Å². The number of aromatic nitrogens is 3. The molecule has 42 heavy (non-hydrogen) atoms. The minimum Gasteiger partial charge on any atom is -0.481 e. The SMILES string of the molecule is COc1cc(N2CCN(C(=O)c3csc(C4CCN(C(=O)c5ccccc5OC(F)(F)F)CC4)n3)CC2)nc(OC)n1. The fourth-order valence-corrected chi connectivity index (χ4v) is 5.95. The summed E-state index contributed by atoms with van der Waals surface area (Å²) in [6.07, 6.45) is -3.73. The van der Waals surface area contributed by atoms with E-state index < -0.39 is 18.0 Å². The Morgan fingerprint density at radius 1 is 0.905 bits per heavy atom. The molecule has 0 aliphatic carbocycles. The minimum atomic E-state index is -4.89. The van der Waals surface area contributed by atoms with Crippen molar-refractivity contribution in [1.29, 1.82) is 0 Å². The second kappa shape index (κ2) is 12.4. The van der Waals surface area contributed by atoms with Crippen LogP contribution in [0, 0.1) is 0 Å². The summed E-state index contributed by atoms with van der Waals surface area (Å²) in [6, 6.07) is 7.27. The number of carbonyl (C=O) groups excluding carboxylic acids is 2. The van der Waals surface area contributed by atoms with E-state index in [9.17, 15) is 22.8 Å². The van der Waals surface area contributed by atoms with Crippen molar-refractivity contribution >= 4 is 29.0 Å². The number of piperidine rings is 1. The molecule has 2 amide bonds. The second-order valence-corrected chi connectivity index (χ2v) is 10.6. The van der Waals surface area contributed by atoms with Gasteiger partial charge in [-0.05, 0) is 25.0 Å². The molecule has 0 saturated carbocycles. The number of piperazine rings is 1. The Labute approximate surface area is 243 Å². The van der Waals surface area contributed by atoms with Crippen molar-refractivity contribution in [3.63, 3.8) is 0 Å². The summed E-state index contributed by atoms with van der Waals surface area (Å²) in [5, 5.41) is 2.57. The zero-order chi connectivity index (χ0) is 29.9. The maximum atomic E-state index is 13.2. The number of methoxy groups -OCH3 is 2. The lowest BCUT2D eigenvalue weighted by molar-refractivity contribution is -0.274. The standard InChI is InChI=1S/C27H29F3N6O5S/c1-39-22-15-21(32-26(33-22)40-2)34-11-13-36(14-12-34)25(38)19-16-42-23(31-19)17-7-9-35(10-8-17)24(37)18-5-3-4-6-20(18)41-27(28,29)30/h3-6,15-17H,7-14H2,1-2H3. The molecule has 0 bridgehead atoms. The predicted molar refractivity (Wildman–Crippen MR) is 146 cm³/mol. The van der Waals surface area contributed by atoms with E-state index in [0.717, 1.165) is 11.1 Å². The molecule has 3 aromatic rings. The monoisotopic (exact) mass is 606 g/mol. The Hall–Kier alpha value is -4.14. The summed E-state index contributed by atoms with van der Waals surface area (Å²) in [4.78, 5) is 44.6. The first-order valence-electron chi connectivity index (χ1n) is 13.3. The first-order chi connectivity index (χ1) is 20.1. The van der Waals surface area contributed by atoms with E-state index in [-0.39, 0.29) is 23.4 Å². The van der Waals surface area contributed by atoms with Gasteiger partial charge >= 0.3 is 12.4 Å². The molecule has 2 fully saturated rings. The van der Waals surface area contributed by atoms with Crippen LogP contribution in [0.15, 0.2) is 35.7 Å². The third-order valence-electron chi connectivity index (χ3n) is 7.17. The number of benzene rings is 1. The summed E-state index contributed by atoms with van der Waals surface area (Å²) in [5.41, 5.74) is 0.249. The number of alkyl halides is 3. The first kappa shape index (κ1) is 29.4. The smallest absolute Gasteiger partial charge is 0.481 e. The van der Waals surface area contributed by atoms with Crippen LogP contribution in [0.3, 0.4) is 0 Å². The van der Waals surface area contributed by atoms with Crippen molar-refractivity contribution < 1.29 is 37.0 Å². The maximum absolute atomic E-state index is 13.2. The highest BCUT2D eigenvalue weighted by Crippen LogP contribution is 2.33. The summed E-state index contributed by atoms with van der Waals surface area (Å²) in [7, 11) is 3.00. The van der Waals surface area contributed by atoms with E-state index >= 15 is 0 Å². The number of para-hydroxylation sites is 1. The molecule has 0 atom stereocenters. The van der Waals surface area contributed by atoms with Gasteiger partial charge in [0.05, 0.1) is 24.8 Å². The number of hydrogen-bond donors (Lipinski definition) is 0. The Morgan fingerprint density at radius 2 is 1.60 bits per heavy atom. The van der Waals surface area contributed by atoms with Crippen molar-refractivity contribution in [3.05, 3.63) is 52.0 Å². The molecule has 0 radical (unpaired) electrons. The van der Waals surface area contributed by atoms with Crippen LogP contribution in [-0.2, 0) is 0 Å². The van der Waals surface area contributed by atoms with Gasteiger partial charge in [0.15, 0.2) is 0 Å². The molecule has 15 heteroatoms. The Bertz CT molecular complexity index is 1400. The molecule has 2 saturated heterocycles. The molecule has 0 N–H and O–H groups in total. The number of nitrogens with zero attached hydrogens (tertiary/aromatic N) is 6. The zero-order valence-corrected chi connectivity index (χ0v) is 23.8. The number of rotatable bonds is 7. The van der Waals surface area contributed by atoms with Gasteiger partial charge in [0, 0.05) is 56.6 Å². The normalized spacial score (nSPS) is 16.4. The quantitative estimate of drug-likeness (QED) is 0.396. The van der Waals surface area contributed by atoms with Gasteiger partial charge in [0.2, 0.25) is 5.88 Å². The van der Waals surface area contributed by atoms with Crippen LogP contribution in [0.25, 0.3) is 0 Å². The summed E-state index contributed by atoms with van der Waals surface area (Å²) < 4.78 is 52.8. The van der Waals surface area contributed by atoms with E-state index in [1.54, 1.807) is 16.3 Å². The fraction of sp³-hybridized carbons (Fsp3) is 0.444. The number of carbonyl (C=O) groups is 2. The molecule has 11 nitrogen and oxygen atoms in total. The highest BCUT2D eigenvalue weighted by atomic mass is 32.1. The topological polar surface area (TPSA) is 110 Å². The molecular formula is C27H29F3N6O5S. The molecule has 2 aliphatic rings. The van der Waals surface area contributed by atoms with Crippen LogP contribution in [0.2, 0.25) is 0 Å². The molecule has 0 spiro atoms. The van der Waals surface area contributed by atoms with Crippen LogP contribution >= 0.6 is 11.3 Å². The minimum absolute atomic E-state index is 0.0434. The largest absolute Gasteiger partial charge is 0.573 e. The van der Waals surface area contributed by atoms with Crippen LogP contribution in [-0.4, -0.2) is 96.4 Å². The fourth-order valence-electron chi connectivity index (χ4n) is 4.98. The third kappa shape index (κ3) is 6.66. The van der Waals surface area contributed by atoms with Gasteiger partial charge in [-0.3, -0.25) is 9.59 Å². The van der Waals surface area contributed by atoms with Gasteiger partial charge in [-0.15, -0.1) is 24.5 Å². The number of likely N-dealkylation sites (tertiary alicyclic amines) is 1. The lowest BCUT2D eigenvalue weighted by Crippen LogP contribution is -2.49. The average Bonchev–Trinajstić information content (AvgIpc) is 3.50. The Balaban J connectivity index is 1.16. The van der Waals surface area contributed by atoms with Crippen LogP contribution in [0.5, 0.6) is 17.6 Å². The number of hydrogen-bond acceptors (Lipinski definition) is 10. The summed E-state index contributed by atoms with van der Waals surface area (Å²) in [6.45, 7) is 2.81. The van der Waals surface area contributed by atoms with E-state index in [1.807, 2.05) is 4.90 Å². The molecule has 224 valence electrons. The van der Waals surface area contributed by atoms with Crippen molar-refractivity contribution in [1.82, 2.24) is 24.8 Å². The molecule has 1 aromatic carbocycles. The second-order valence-electron chi connectivity index (χ2n) is 9.72. The van der Waals surface area contributed by atoms with Gasteiger partial charge in [-0.1, -0.05) is 12.1 Å².